The van der Waals surface area contributed by atoms with Gasteiger partial charge in [-0.05, 0) is 56.4 Å². The Bertz CT molecular complexity index is 448. The molecule has 0 aliphatic carbocycles. The number of benzene rings is 1. The molecule has 104 valence electrons. The Morgan fingerprint density at radius 3 is 2.84 bits per heavy atom. The third-order valence-corrected chi connectivity index (χ3v) is 3.99. The number of carboxylic acid groups (broad SMARTS) is 1. The van der Waals surface area contributed by atoms with Crippen molar-refractivity contribution in [2.45, 2.75) is 31.2 Å². The van der Waals surface area contributed by atoms with Gasteiger partial charge in [0.05, 0.1) is 0 Å². The fourth-order valence-corrected chi connectivity index (χ4v) is 2.85. The first kappa shape index (κ1) is 14.0. The summed E-state index contributed by atoms with van der Waals surface area (Å²) in [5, 5.41) is 9.12. The molecule has 2 unspecified atom stereocenters. The summed E-state index contributed by atoms with van der Waals surface area (Å²) in [5.74, 6) is -0.537. The molecule has 1 heterocycles. The lowest BCUT2D eigenvalue weighted by molar-refractivity contribution is -0.138. The van der Waals surface area contributed by atoms with E-state index in [1.165, 1.54) is 0 Å². The Kier molecular flexibility index (Phi) is 4.56. The van der Waals surface area contributed by atoms with Crippen molar-refractivity contribution in [1.29, 1.82) is 0 Å². The van der Waals surface area contributed by atoms with Gasteiger partial charge < -0.3 is 15.7 Å². The molecular formula is C15H22N2O2. The van der Waals surface area contributed by atoms with Crippen molar-refractivity contribution < 1.29 is 9.90 Å². The second kappa shape index (κ2) is 6.17. The second-order valence-electron chi connectivity index (χ2n) is 5.38. The standard InChI is InChI=1S/C15H22N2O2/c1-17-9-4-5-11(8-10-17)12-6-2-3-7-13(12)14(16)15(18)19/h2-3,6-7,11,14H,4-5,8-10,16H2,1H3,(H,18,19). The zero-order valence-electron chi connectivity index (χ0n) is 11.4. The van der Waals surface area contributed by atoms with E-state index in [0.717, 1.165) is 43.5 Å². The van der Waals surface area contributed by atoms with Gasteiger partial charge in [-0.1, -0.05) is 24.3 Å². The highest BCUT2D eigenvalue weighted by atomic mass is 16.4. The third-order valence-electron chi connectivity index (χ3n) is 3.99. The summed E-state index contributed by atoms with van der Waals surface area (Å²) in [5.41, 5.74) is 7.69. The summed E-state index contributed by atoms with van der Waals surface area (Å²) in [6.07, 6.45) is 3.32. The topological polar surface area (TPSA) is 66.6 Å². The van der Waals surface area contributed by atoms with Gasteiger partial charge in [-0.3, -0.25) is 4.79 Å². The fraction of sp³-hybridized carbons (Fsp3) is 0.533. The van der Waals surface area contributed by atoms with Crippen LogP contribution in [0.15, 0.2) is 24.3 Å². The zero-order chi connectivity index (χ0) is 13.8. The van der Waals surface area contributed by atoms with Crippen molar-refractivity contribution in [2.24, 2.45) is 5.73 Å². The van der Waals surface area contributed by atoms with Gasteiger partial charge in [0.25, 0.3) is 0 Å². The normalized spacial score (nSPS) is 22.7. The number of rotatable bonds is 3. The number of hydrogen-bond donors (Lipinski definition) is 2. The molecule has 19 heavy (non-hydrogen) atoms. The monoisotopic (exact) mass is 262 g/mol. The van der Waals surface area contributed by atoms with Crippen LogP contribution in [0.3, 0.4) is 0 Å². The van der Waals surface area contributed by atoms with Crippen LogP contribution < -0.4 is 5.73 Å². The van der Waals surface area contributed by atoms with E-state index in [0.29, 0.717) is 5.92 Å². The van der Waals surface area contributed by atoms with Crippen LogP contribution in [0.4, 0.5) is 0 Å². The minimum atomic E-state index is -0.960. The van der Waals surface area contributed by atoms with E-state index in [9.17, 15) is 4.79 Å². The SMILES string of the molecule is CN1CCCC(c2ccccc2C(N)C(=O)O)CC1. The molecule has 1 aromatic carbocycles. The van der Waals surface area contributed by atoms with Crippen LogP contribution in [-0.2, 0) is 4.79 Å². The predicted molar refractivity (Wildman–Crippen MR) is 75.1 cm³/mol. The Balaban J connectivity index is 2.26. The summed E-state index contributed by atoms with van der Waals surface area (Å²) < 4.78 is 0. The van der Waals surface area contributed by atoms with Crippen LogP contribution in [0.5, 0.6) is 0 Å². The van der Waals surface area contributed by atoms with Gasteiger partial charge in [0.2, 0.25) is 0 Å². The number of nitrogens with two attached hydrogens (primary N) is 1. The van der Waals surface area contributed by atoms with Crippen molar-refractivity contribution in [3.63, 3.8) is 0 Å². The molecular weight excluding hydrogens is 240 g/mol. The van der Waals surface area contributed by atoms with E-state index >= 15 is 0 Å². The molecule has 3 N–H and O–H groups in total. The molecule has 0 saturated carbocycles. The largest absolute Gasteiger partial charge is 0.480 e. The van der Waals surface area contributed by atoms with Crippen molar-refractivity contribution >= 4 is 5.97 Å². The van der Waals surface area contributed by atoms with Crippen LogP contribution in [0, 0.1) is 0 Å². The molecule has 0 amide bonds. The van der Waals surface area contributed by atoms with Crippen molar-refractivity contribution in [3.8, 4) is 0 Å². The summed E-state index contributed by atoms with van der Waals surface area (Å²) in [4.78, 5) is 13.5. The highest BCUT2D eigenvalue weighted by Crippen LogP contribution is 2.32. The van der Waals surface area contributed by atoms with E-state index in [2.05, 4.69) is 11.9 Å². The Morgan fingerprint density at radius 1 is 1.37 bits per heavy atom. The van der Waals surface area contributed by atoms with Gasteiger partial charge >= 0.3 is 5.97 Å². The summed E-state index contributed by atoms with van der Waals surface area (Å²) in [6.45, 7) is 2.17. The third kappa shape index (κ3) is 3.33. The molecule has 1 saturated heterocycles. The van der Waals surface area contributed by atoms with Crippen LogP contribution >= 0.6 is 0 Å². The first-order chi connectivity index (χ1) is 9.09. The maximum atomic E-state index is 11.1. The molecule has 1 fully saturated rings. The Hall–Kier alpha value is -1.39. The van der Waals surface area contributed by atoms with Crippen molar-refractivity contribution in [3.05, 3.63) is 35.4 Å². The molecule has 0 radical (unpaired) electrons. The maximum Gasteiger partial charge on any atom is 0.325 e. The van der Waals surface area contributed by atoms with E-state index < -0.39 is 12.0 Å². The van der Waals surface area contributed by atoms with Gasteiger partial charge in [-0.2, -0.15) is 0 Å². The Morgan fingerprint density at radius 2 is 2.11 bits per heavy atom. The van der Waals surface area contributed by atoms with E-state index in [1.54, 1.807) is 0 Å². The molecule has 0 spiro atoms. The smallest absolute Gasteiger partial charge is 0.325 e. The zero-order valence-corrected chi connectivity index (χ0v) is 11.4. The summed E-state index contributed by atoms with van der Waals surface area (Å²) in [7, 11) is 2.14. The first-order valence-corrected chi connectivity index (χ1v) is 6.85. The predicted octanol–water partition coefficient (Wildman–Crippen LogP) is 1.97. The number of carbonyl (C=O) groups is 1. The molecule has 0 bridgehead atoms. The molecule has 4 heteroatoms. The minimum absolute atomic E-state index is 0.423. The molecule has 1 aliphatic heterocycles. The second-order valence-corrected chi connectivity index (χ2v) is 5.38. The van der Waals surface area contributed by atoms with Gasteiger partial charge in [0.1, 0.15) is 6.04 Å². The lowest BCUT2D eigenvalue weighted by Crippen LogP contribution is -2.23. The van der Waals surface area contributed by atoms with Gasteiger partial charge in [-0.25, -0.2) is 0 Å². The van der Waals surface area contributed by atoms with E-state index in [4.69, 9.17) is 10.8 Å². The quantitative estimate of drug-likeness (QED) is 0.874. The van der Waals surface area contributed by atoms with Crippen LogP contribution in [0.1, 0.15) is 42.3 Å². The van der Waals surface area contributed by atoms with Gasteiger partial charge in [-0.15, -0.1) is 0 Å². The molecule has 1 aliphatic rings. The van der Waals surface area contributed by atoms with Crippen LogP contribution in [0.25, 0.3) is 0 Å². The number of hydrogen-bond acceptors (Lipinski definition) is 3. The minimum Gasteiger partial charge on any atom is -0.480 e. The highest BCUT2D eigenvalue weighted by Gasteiger charge is 2.23. The number of likely N-dealkylation sites (tertiary alicyclic amines) is 1. The maximum absolute atomic E-state index is 11.1. The average Bonchev–Trinajstić information content (AvgIpc) is 2.62. The fourth-order valence-electron chi connectivity index (χ4n) is 2.85. The van der Waals surface area contributed by atoms with Crippen molar-refractivity contribution in [2.75, 3.05) is 20.1 Å². The number of carboxylic acids is 1. The van der Waals surface area contributed by atoms with Crippen LogP contribution in [0.2, 0.25) is 0 Å². The van der Waals surface area contributed by atoms with Crippen LogP contribution in [-0.4, -0.2) is 36.1 Å². The van der Waals surface area contributed by atoms with Gasteiger partial charge in [0.15, 0.2) is 0 Å². The Labute approximate surface area is 114 Å². The molecule has 1 aromatic rings. The first-order valence-electron chi connectivity index (χ1n) is 6.85. The average molecular weight is 262 g/mol. The summed E-state index contributed by atoms with van der Waals surface area (Å²) in [6, 6.07) is 6.81. The van der Waals surface area contributed by atoms with E-state index in [1.807, 2.05) is 24.3 Å². The number of nitrogens with zero attached hydrogens (tertiary/aromatic N) is 1. The van der Waals surface area contributed by atoms with Gasteiger partial charge in [0, 0.05) is 0 Å². The lowest BCUT2D eigenvalue weighted by Gasteiger charge is -2.20. The lowest BCUT2D eigenvalue weighted by atomic mass is 9.86. The molecule has 0 aromatic heterocycles. The molecule has 4 nitrogen and oxygen atoms in total. The molecule has 2 atom stereocenters. The molecule has 2 rings (SSSR count). The number of aliphatic carboxylic acids is 1. The van der Waals surface area contributed by atoms with Crippen molar-refractivity contribution in [1.82, 2.24) is 4.90 Å². The summed E-state index contributed by atoms with van der Waals surface area (Å²) >= 11 is 0. The highest BCUT2D eigenvalue weighted by molar-refractivity contribution is 5.75. The van der Waals surface area contributed by atoms with E-state index in [-0.39, 0.29) is 0 Å².